The Balaban J connectivity index is 2.04. The number of hydrogen-bond acceptors (Lipinski definition) is 5. The van der Waals surface area contributed by atoms with Crippen molar-refractivity contribution in [3.8, 4) is 11.4 Å². The third-order valence-electron chi connectivity index (χ3n) is 4.16. The number of rotatable bonds is 4. The summed E-state index contributed by atoms with van der Waals surface area (Å²) >= 11 is 0.881. The lowest BCUT2D eigenvalue weighted by Crippen LogP contribution is -2.27. The van der Waals surface area contributed by atoms with Gasteiger partial charge in [0.1, 0.15) is 16.1 Å². The summed E-state index contributed by atoms with van der Waals surface area (Å²) in [4.78, 5) is 27.1. The van der Waals surface area contributed by atoms with E-state index in [0.717, 1.165) is 17.5 Å². The number of hydrogen-bond donors (Lipinski definition) is 2. The predicted octanol–water partition coefficient (Wildman–Crippen LogP) is 4.41. The smallest absolute Gasteiger partial charge is 0.319 e. The van der Waals surface area contributed by atoms with Crippen LogP contribution in [0.25, 0.3) is 22.3 Å². The van der Waals surface area contributed by atoms with E-state index in [4.69, 9.17) is 0 Å². The summed E-state index contributed by atoms with van der Waals surface area (Å²) in [5.41, 5.74) is 2.58. The minimum absolute atomic E-state index is 0.0542. The molecule has 2 N–H and O–H groups in total. The number of nitrogens with one attached hydrogen (secondary N) is 1. The van der Waals surface area contributed by atoms with E-state index in [0.29, 0.717) is 22.3 Å². The highest BCUT2D eigenvalue weighted by molar-refractivity contribution is 8.01. The first-order chi connectivity index (χ1) is 12.5. The van der Waals surface area contributed by atoms with Crippen LogP contribution in [0.3, 0.4) is 0 Å². The van der Waals surface area contributed by atoms with Gasteiger partial charge in [0, 0.05) is 16.5 Å². The van der Waals surface area contributed by atoms with E-state index in [2.05, 4.69) is 40.7 Å². The largest absolute Gasteiger partial charge is 0.480 e. The van der Waals surface area contributed by atoms with Gasteiger partial charge in [-0.15, -0.1) is 0 Å². The zero-order valence-corrected chi connectivity index (χ0v) is 16.6. The summed E-state index contributed by atoms with van der Waals surface area (Å²) in [6, 6.07) is 3.54. The van der Waals surface area contributed by atoms with Gasteiger partial charge in [0.05, 0.1) is 23.1 Å². The fraction of sp³-hybridized carbons (Fsp3) is 0.368. The van der Waals surface area contributed by atoms with Crippen LogP contribution in [0.15, 0.2) is 29.7 Å². The molecule has 8 heteroatoms. The summed E-state index contributed by atoms with van der Waals surface area (Å²) in [5.74, 6) is -1.57. The average Bonchev–Trinajstić information content (AvgIpc) is 3.02. The van der Waals surface area contributed by atoms with Crippen molar-refractivity contribution in [1.29, 1.82) is 0 Å². The first kappa shape index (κ1) is 19.3. The Morgan fingerprint density at radius 1 is 1.15 bits per heavy atom. The Labute approximate surface area is 160 Å². The van der Waals surface area contributed by atoms with Gasteiger partial charge in [-0.05, 0) is 26.0 Å². The van der Waals surface area contributed by atoms with Crippen molar-refractivity contribution in [2.24, 2.45) is 0 Å². The molecule has 142 valence electrons. The fourth-order valence-corrected chi connectivity index (χ4v) is 3.33. The molecule has 0 unspecified atom stereocenters. The Kier molecular flexibility index (Phi) is 4.71. The van der Waals surface area contributed by atoms with Crippen LogP contribution in [0.5, 0.6) is 0 Å². The monoisotopic (exact) mass is 388 g/mol. The molecule has 0 radical (unpaired) electrons. The minimum atomic E-state index is -1.19. The van der Waals surface area contributed by atoms with Crippen molar-refractivity contribution >= 4 is 28.6 Å². The highest BCUT2D eigenvalue weighted by Crippen LogP contribution is 2.36. The molecule has 0 saturated carbocycles. The van der Waals surface area contributed by atoms with Crippen LogP contribution in [-0.4, -0.2) is 35.8 Å². The average molecular weight is 388 g/mol. The molecule has 0 fully saturated rings. The topological polar surface area (TPSA) is 91.8 Å². The van der Waals surface area contributed by atoms with Crippen molar-refractivity contribution in [3.05, 3.63) is 36.2 Å². The molecule has 0 aliphatic rings. The number of aromatic nitrogens is 4. The van der Waals surface area contributed by atoms with E-state index in [1.807, 2.05) is 6.07 Å². The molecule has 3 heterocycles. The Hall–Kier alpha value is -2.48. The second-order valence-corrected chi connectivity index (χ2v) is 9.46. The van der Waals surface area contributed by atoms with E-state index in [1.165, 1.54) is 26.4 Å². The van der Waals surface area contributed by atoms with E-state index in [-0.39, 0.29) is 10.4 Å². The normalized spacial score (nSPS) is 12.5. The van der Waals surface area contributed by atoms with E-state index < -0.39 is 16.5 Å². The van der Waals surface area contributed by atoms with Crippen LogP contribution >= 0.6 is 11.8 Å². The molecule has 0 saturated heterocycles. The van der Waals surface area contributed by atoms with Crippen LogP contribution in [0.1, 0.15) is 40.3 Å². The number of halogens is 1. The number of carboxylic acids is 1. The third-order valence-corrected chi connectivity index (χ3v) is 5.32. The highest BCUT2D eigenvalue weighted by atomic mass is 32.2. The number of H-pyrrole nitrogens is 1. The van der Waals surface area contributed by atoms with Crippen LogP contribution in [0.4, 0.5) is 4.39 Å². The molecule has 3 aromatic heterocycles. The highest BCUT2D eigenvalue weighted by Gasteiger charge is 2.31. The van der Waals surface area contributed by atoms with Gasteiger partial charge in [-0.2, -0.15) is 0 Å². The number of nitrogens with zero attached hydrogens (tertiary/aromatic N) is 3. The van der Waals surface area contributed by atoms with Crippen LogP contribution < -0.4 is 0 Å². The van der Waals surface area contributed by atoms with Crippen molar-refractivity contribution in [3.63, 3.8) is 0 Å². The van der Waals surface area contributed by atoms with Gasteiger partial charge in [-0.3, -0.25) is 4.79 Å². The second-order valence-electron chi connectivity index (χ2n) is 7.84. The SMILES string of the molecule is CC(C)(Sc1ncc2[nH]c(-c3cc(C(C)(C)C)ncn3)cc2c1F)C(=O)O. The first-order valence-corrected chi connectivity index (χ1v) is 9.23. The van der Waals surface area contributed by atoms with Gasteiger partial charge in [0.15, 0.2) is 5.82 Å². The molecule has 0 aromatic carbocycles. The maximum absolute atomic E-state index is 14.9. The lowest BCUT2D eigenvalue weighted by atomic mass is 9.91. The summed E-state index contributed by atoms with van der Waals surface area (Å²) in [5, 5.41) is 9.66. The number of aliphatic carboxylic acids is 1. The molecule has 27 heavy (non-hydrogen) atoms. The fourth-order valence-electron chi connectivity index (χ4n) is 2.46. The number of carbonyl (C=O) groups is 1. The zero-order valence-electron chi connectivity index (χ0n) is 15.8. The molecular weight excluding hydrogens is 367 g/mol. The van der Waals surface area contributed by atoms with Gasteiger partial charge in [0.2, 0.25) is 0 Å². The number of pyridine rings is 1. The molecule has 6 nitrogen and oxygen atoms in total. The molecule has 3 rings (SSSR count). The quantitative estimate of drug-likeness (QED) is 0.643. The van der Waals surface area contributed by atoms with Crippen molar-refractivity contribution in [1.82, 2.24) is 19.9 Å². The maximum Gasteiger partial charge on any atom is 0.319 e. The maximum atomic E-state index is 14.9. The Morgan fingerprint density at radius 2 is 1.85 bits per heavy atom. The molecule has 0 atom stereocenters. The van der Waals surface area contributed by atoms with Gasteiger partial charge in [0.25, 0.3) is 0 Å². The summed E-state index contributed by atoms with van der Waals surface area (Å²) in [6.07, 6.45) is 3.00. The van der Waals surface area contributed by atoms with Gasteiger partial charge < -0.3 is 10.1 Å². The number of fused-ring (bicyclic) bond motifs is 1. The van der Waals surface area contributed by atoms with Gasteiger partial charge in [-0.25, -0.2) is 19.3 Å². The summed E-state index contributed by atoms with van der Waals surface area (Å²) in [6.45, 7) is 9.20. The van der Waals surface area contributed by atoms with Gasteiger partial charge in [-0.1, -0.05) is 32.5 Å². The van der Waals surface area contributed by atoms with Crippen LogP contribution in [0, 0.1) is 5.82 Å². The minimum Gasteiger partial charge on any atom is -0.480 e. The summed E-state index contributed by atoms with van der Waals surface area (Å²) in [7, 11) is 0. The van der Waals surface area contributed by atoms with E-state index >= 15 is 0 Å². The molecule has 3 aromatic rings. The lowest BCUT2D eigenvalue weighted by molar-refractivity contribution is -0.138. The standard InChI is InChI=1S/C19H21FN4O2S/c1-18(2,3)14-7-11(22-9-23-14)12-6-10-13(24-12)8-21-16(15(10)20)27-19(4,5)17(25)26/h6-9,24H,1-5H3,(H,25,26). The molecule has 0 aliphatic carbocycles. The van der Waals surface area contributed by atoms with Crippen LogP contribution in [0.2, 0.25) is 0 Å². The lowest BCUT2D eigenvalue weighted by Gasteiger charge is -2.17. The van der Waals surface area contributed by atoms with Crippen LogP contribution in [-0.2, 0) is 10.2 Å². The Bertz CT molecular complexity index is 1020. The molecule has 0 spiro atoms. The first-order valence-electron chi connectivity index (χ1n) is 8.41. The molecule has 0 bridgehead atoms. The Morgan fingerprint density at radius 3 is 2.48 bits per heavy atom. The molecule has 0 aliphatic heterocycles. The van der Waals surface area contributed by atoms with Gasteiger partial charge >= 0.3 is 5.97 Å². The van der Waals surface area contributed by atoms with Crippen molar-refractivity contribution in [2.45, 2.75) is 49.8 Å². The van der Waals surface area contributed by atoms with E-state index in [1.54, 1.807) is 6.07 Å². The second kappa shape index (κ2) is 6.60. The summed E-state index contributed by atoms with van der Waals surface area (Å²) < 4.78 is 13.7. The third kappa shape index (κ3) is 3.80. The van der Waals surface area contributed by atoms with E-state index in [9.17, 15) is 14.3 Å². The number of aromatic amines is 1. The molecular formula is C19H21FN4O2S. The number of thioether (sulfide) groups is 1. The van der Waals surface area contributed by atoms with Crippen molar-refractivity contribution in [2.75, 3.05) is 0 Å². The predicted molar refractivity (Wildman–Crippen MR) is 103 cm³/mol. The molecule has 0 amide bonds. The number of carboxylic acid groups (broad SMARTS) is 1. The zero-order chi connectivity index (χ0) is 20.0. The van der Waals surface area contributed by atoms with Crippen molar-refractivity contribution < 1.29 is 14.3 Å².